The Balaban J connectivity index is 1.86. The van der Waals surface area contributed by atoms with Gasteiger partial charge in [-0.2, -0.15) is 5.10 Å². The number of hydrogen-bond acceptors (Lipinski definition) is 5. The Morgan fingerprint density at radius 3 is 2.90 bits per heavy atom. The SMILES string of the molecule is C=CCn1ncc2c(SCc3ccncc3)ncnc21. The van der Waals surface area contributed by atoms with E-state index in [1.165, 1.54) is 5.56 Å². The molecule has 0 aliphatic carbocycles. The molecule has 3 rings (SSSR count). The fourth-order valence-electron chi connectivity index (χ4n) is 1.87. The van der Waals surface area contributed by atoms with Crippen molar-refractivity contribution < 1.29 is 0 Å². The highest BCUT2D eigenvalue weighted by molar-refractivity contribution is 7.98. The van der Waals surface area contributed by atoms with Gasteiger partial charge < -0.3 is 0 Å². The van der Waals surface area contributed by atoms with Crippen LogP contribution in [0.3, 0.4) is 0 Å². The number of rotatable bonds is 5. The molecule has 0 saturated carbocycles. The van der Waals surface area contributed by atoms with Crippen LogP contribution in [0.1, 0.15) is 5.56 Å². The topological polar surface area (TPSA) is 56.5 Å². The minimum absolute atomic E-state index is 0.648. The summed E-state index contributed by atoms with van der Waals surface area (Å²) in [6, 6.07) is 4.01. The van der Waals surface area contributed by atoms with Crippen molar-refractivity contribution in [2.45, 2.75) is 17.3 Å². The lowest BCUT2D eigenvalue weighted by atomic mass is 10.3. The standard InChI is InChI=1S/C14H13N5S/c1-2-7-19-13-12(8-18-19)14(17-10-16-13)20-9-11-3-5-15-6-4-11/h2-6,8,10H,1,7,9H2. The summed E-state index contributed by atoms with van der Waals surface area (Å²) in [6.45, 7) is 4.37. The van der Waals surface area contributed by atoms with Crippen LogP contribution in [0.5, 0.6) is 0 Å². The summed E-state index contributed by atoms with van der Waals surface area (Å²) in [5, 5.41) is 6.25. The molecule has 3 heterocycles. The quantitative estimate of drug-likeness (QED) is 0.409. The van der Waals surface area contributed by atoms with E-state index >= 15 is 0 Å². The minimum atomic E-state index is 0.648. The molecule has 3 aromatic heterocycles. The molecule has 0 fully saturated rings. The van der Waals surface area contributed by atoms with Crippen LogP contribution in [0.2, 0.25) is 0 Å². The van der Waals surface area contributed by atoms with Gasteiger partial charge in [0.2, 0.25) is 0 Å². The van der Waals surface area contributed by atoms with Crippen LogP contribution < -0.4 is 0 Å². The maximum absolute atomic E-state index is 4.35. The van der Waals surface area contributed by atoms with Crippen LogP contribution in [0.25, 0.3) is 11.0 Å². The Kier molecular flexibility index (Phi) is 3.73. The molecule has 3 aromatic rings. The van der Waals surface area contributed by atoms with Gasteiger partial charge in [-0.05, 0) is 17.7 Å². The first-order valence-electron chi connectivity index (χ1n) is 6.17. The number of pyridine rings is 1. The molecular weight excluding hydrogens is 270 g/mol. The second-order valence-corrected chi connectivity index (χ2v) is 5.14. The van der Waals surface area contributed by atoms with E-state index in [9.17, 15) is 0 Å². The highest BCUT2D eigenvalue weighted by Crippen LogP contribution is 2.26. The molecule has 20 heavy (non-hydrogen) atoms. The highest BCUT2D eigenvalue weighted by Gasteiger charge is 2.09. The number of allylic oxidation sites excluding steroid dienone is 1. The van der Waals surface area contributed by atoms with Crippen LogP contribution in [-0.4, -0.2) is 24.7 Å². The zero-order valence-electron chi connectivity index (χ0n) is 10.8. The summed E-state index contributed by atoms with van der Waals surface area (Å²) in [7, 11) is 0. The van der Waals surface area contributed by atoms with Crippen molar-refractivity contribution in [2.24, 2.45) is 0 Å². The Morgan fingerprint density at radius 1 is 1.25 bits per heavy atom. The van der Waals surface area contributed by atoms with Gasteiger partial charge in [-0.3, -0.25) is 4.98 Å². The van der Waals surface area contributed by atoms with Crippen LogP contribution in [0.4, 0.5) is 0 Å². The highest BCUT2D eigenvalue weighted by atomic mass is 32.2. The lowest BCUT2D eigenvalue weighted by Crippen LogP contribution is -1.98. The summed E-state index contributed by atoms with van der Waals surface area (Å²) in [4.78, 5) is 12.7. The van der Waals surface area contributed by atoms with E-state index < -0.39 is 0 Å². The largest absolute Gasteiger partial charge is 0.265 e. The van der Waals surface area contributed by atoms with Crippen LogP contribution >= 0.6 is 11.8 Å². The Hall–Kier alpha value is -2.21. The van der Waals surface area contributed by atoms with Gasteiger partial charge in [0.25, 0.3) is 0 Å². The molecule has 100 valence electrons. The van der Waals surface area contributed by atoms with Crippen molar-refractivity contribution >= 4 is 22.8 Å². The van der Waals surface area contributed by atoms with Crippen molar-refractivity contribution in [3.8, 4) is 0 Å². The fraction of sp³-hybridized carbons (Fsp3) is 0.143. The Bertz CT molecular complexity index is 723. The molecule has 0 radical (unpaired) electrons. The first kappa shape index (κ1) is 12.8. The van der Waals surface area contributed by atoms with Crippen molar-refractivity contribution in [2.75, 3.05) is 0 Å². The lowest BCUT2D eigenvalue weighted by molar-refractivity contribution is 0.719. The van der Waals surface area contributed by atoms with E-state index in [0.29, 0.717) is 6.54 Å². The smallest absolute Gasteiger partial charge is 0.162 e. The molecule has 0 aliphatic rings. The minimum Gasteiger partial charge on any atom is -0.265 e. The van der Waals surface area contributed by atoms with Crippen molar-refractivity contribution in [3.05, 3.63) is 55.3 Å². The second-order valence-electron chi connectivity index (χ2n) is 4.18. The van der Waals surface area contributed by atoms with Gasteiger partial charge in [-0.1, -0.05) is 6.08 Å². The van der Waals surface area contributed by atoms with Gasteiger partial charge >= 0.3 is 0 Å². The van der Waals surface area contributed by atoms with Gasteiger partial charge in [0.1, 0.15) is 11.4 Å². The maximum atomic E-state index is 4.35. The number of nitrogens with zero attached hydrogens (tertiary/aromatic N) is 5. The number of aromatic nitrogens is 5. The first-order chi connectivity index (χ1) is 9.88. The number of fused-ring (bicyclic) bond motifs is 1. The van der Waals surface area contributed by atoms with Gasteiger partial charge in [0, 0.05) is 18.1 Å². The predicted octanol–water partition coefficient (Wildman–Crippen LogP) is 2.70. The molecular formula is C14H13N5S. The average molecular weight is 283 g/mol. The van der Waals surface area contributed by atoms with Gasteiger partial charge in [-0.25, -0.2) is 14.6 Å². The van der Waals surface area contributed by atoms with E-state index in [-0.39, 0.29) is 0 Å². The third-order valence-corrected chi connectivity index (χ3v) is 3.90. The molecule has 0 unspecified atom stereocenters. The molecule has 0 saturated heterocycles. The molecule has 5 nitrogen and oxygen atoms in total. The fourth-order valence-corrected chi connectivity index (χ4v) is 2.79. The average Bonchev–Trinajstić information content (AvgIpc) is 2.91. The van der Waals surface area contributed by atoms with Crippen LogP contribution in [0, 0.1) is 0 Å². The van der Waals surface area contributed by atoms with Gasteiger partial charge in [0.15, 0.2) is 5.65 Å². The van der Waals surface area contributed by atoms with Crippen molar-refractivity contribution in [1.82, 2.24) is 24.7 Å². The Labute approximate surface area is 120 Å². The summed E-state index contributed by atoms with van der Waals surface area (Å²) >= 11 is 1.68. The van der Waals surface area contributed by atoms with E-state index in [1.54, 1.807) is 36.6 Å². The lowest BCUT2D eigenvalue weighted by Gasteiger charge is -2.02. The van der Waals surface area contributed by atoms with Gasteiger partial charge in [0.05, 0.1) is 18.1 Å². The summed E-state index contributed by atoms with van der Waals surface area (Å²) < 4.78 is 1.82. The van der Waals surface area contributed by atoms with Crippen molar-refractivity contribution in [1.29, 1.82) is 0 Å². The van der Waals surface area contributed by atoms with Gasteiger partial charge in [-0.15, -0.1) is 18.3 Å². The summed E-state index contributed by atoms with van der Waals surface area (Å²) in [5.41, 5.74) is 2.06. The molecule has 0 spiro atoms. The third-order valence-electron chi connectivity index (χ3n) is 2.82. The zero-order valence-corrected chi connectivity index (χ0v) is 11.6. The zero-order chi connectivity index (χ0) is 13.8. The van der Waals surface area contributed by atoms with E-state index in [0.717, 1.165) is 21.8 Å². The summed E-state index contributed by atoms with van der Waals surface area (Å²) in [5.74, 6) is 0.848. The summed E-state index contributed by atoms with van der Waals surface area (Å²) in [6.07, 6.45) is 8.80. The molecule has 0 aliphatic heterocycles. The van der Waals surface area contributed by atoms with Crippen LogP contribution in [-0.2, 0) is 12.3 Å². The van der Waals surface area contributed by atoms with E-state index in [1.807, 2.05) is 23.0 Å². The van der Waals surface area contributed by atoms with Crippen LogP contribution in [0.15, 0.2) is 54.7 Å². The third kappa shape index (κ3) is 2.55. The van der Waals surface area contributed by atoms with Crippen molar-refractivity contribution in [3.63, 3.8) is 0 Å². The maximum Gasteiger partial charge on any atom is 0.162 e. The molecule has 6 heteroatoms. The first-order valence-corrected chi connectivity index (χ1v) is 7.16. The Morgan fingerprint density at radius 2 is 2.10 bits per heavy atom. The molecule has 0 atom stereocenters. The van der Waals surface area contributed by atoms with E-state index in [4.69, 9.17) is 0 Å². The normalized spacial score (nSPS) is 10.8. The number of thioether (sulfide) groups is 1. The van der Waals surface area contributed by atoms with E-state index in [2.05, 4.69) is 26.6 Å². The molecule has 0 amide bonds. The second kappa shape index (κ2) is 5.83. The number of hydrogen-bond donors (Lipinski definition) is 0. The monoisotopic (exact) mass is 283 g/mol. The molecule has 0 aromatic carbocycles. The molecule has 0 N–H and O–H groups in total. The predicted molar refractivity (Wildman–Crippen MR) is 79.3 cm³/mol. The molecule has 0 bridgehead atoms.